The van der Waals surface area contributed by atoms with Crippen molar-refractivity contribution in [1.29, 1.82) is 0 Å². The van der Waals surface area contributed by atoms with E-state index in [1.165, 1.54) is 0 Å². The van der Waals surface area contributed by atoms with Crippen molar-refractivity contribution < 1.29 is 14.7 Å². The Morgan fingerprint density at radius 1 is 1.48 bits per heavy atom. The molecule has 116 valence electrons. The number of nitrogens with zero attached hydrogens (tertiary/aromatic N) is 2. The third-order valence-electron chi connectivity index (χ3n) is 4.51. The molecule has 21 heavy (non-hydrogen) atoms. The van der Waals surface area contributed by atoms with Crippen molar-refractivity contribution in [3.8, 4) is 12.3 Å². The van der Waals surface area contributed by atoms with Crippen LogP contribution in [0.15, 0.2) is 0 Å². The van der Waals surface area contributed by atoms with Gasteiger partial charge in [-0.25, -0.2) is 9.59 Å². The molecule has 5 nitrogen and oxygen atoms in total. The van der Waals surface area contributed by atoms with Gasteiger partial charge in [0.15, 0.2) is 0 Å². The second-order valence-electron chi connectivity index (χ2n) is 6.15. The lowest BCUT2D eigenvalue weighted by molar-refractivity contribution is -0.148. The molecule has 0 spiro atoms. The Hall–Kier alpha value is -1.70. The highest BCUT2D eigenvalue weighted by Crippen LogP contribution is 2.36. The largest absolute Gasteiger partial charge is 0.479 e. The van der Waals surface area contributed by atoms with E-state index < -0.39 is 11.5 Å². The standard InChI is InChI=1S/C16H24N2O3/c1-3-8-16(14(19)20)9-5-11-18(16)15(21)17(10-4-2)12-13-6-7-13/h2,13H,3,5-12H2,1H3,(H,19,20). The number of carboxylic acid groups (broad SMARTS) is 1. The van der Waals surface area contributed by atoms with Gasteiger partial charge in [0, 0.05) is 13.1 Å². The number of amides is 2. The Morgan fingerprint density at radius 2 is 2.19 bits per heavy atom. The SMILES string of the molecule is C#CCN(CC1CC1)C(=O)N1CCCC1(CCC)C(=O)O. The first-order chi connectivity index (χ1) is 10.0. The molecule has 1 N–H and O–H groups in total. The number of likely N-dealkylation sites (tertiary alicyclic amines) is 1. The summed E-state index contributed by atoms with van der Waals surface area (Å²) >= 11 is 0. The molecule has 2 amide bonds. The summed E-state index contributed by atoms with van der Waals surface area (Å²) in [7, 11) is 0. The van der Waals surface area contributed by atoms with Crippen LogP contribution in [-0.4, -0.2) is 52.1 Å². The summed E-state index contributed by atoms with van der Waals surface area (Å²) in [6, 6.07) is -0.201. The van der Waals surface area contributed by atoms with Crippen LogP contribution in [0.25, 0.3) is 0 Å². The van der Waals surface area contributed by atoms with Gasteiger partial charge < -0.3 is 14.9 Å². The predicted octanol–water partition coefficient (Wildman–Crippen LogP) is 2.17. The Bertz CT molecular complexity index is 453. The van der Waals surface area contributed by atoms with Crippen LogP contribution in [0.5, 0.6) is 0 Å². The van der Waals surface area contributed by atoms with Gasteiger partial charge in [0.25, 0.3) is 0 Å². The molecule has 2 rings (SSSR count). The van der Waals surface area contributed by atoms with Crippen LogP contribution in [-0.2, 0) is 4.79 Å². The number of carbonyl (C=O) groups excluding carboxylic acids is 1. The van der Waals surface area contributed by atoms with Crippen LogP contribution in [0.4, 0.5) is 4.79 Å². The summed E-state index contributed by atoms with van der Waals surface area (Å²) in [5.74, 6) is 2.18. The van der Waals surface area contributed by atoms with E-state index >= 15 is 0 Å². The number of urea groups is 1. The van der Waals surface area contributed by atoms with Gasteiger partial charge in [-0.3, -0.25) is 0 Å². The summed E-state index contributed by atoms with van der Waals surface area (Å²) < 4.78 is 0. The molecule has 1 heterocycles. The van der Waals surface area contributed by atoms with Gasteiger partial charge >= 0.3 is 12.0 Å². The van der Waals surface area contributed by atoms with Crippen LogP contribution >= 0.6 is 0 Å². The van der Waals surface area contributed by atoms with Crippen LogP contribution in [0, 0.1) is 18.3 Å². The van der Waals surface area contributed by atoms with Gasteiger partial charge in [0.2, 0.25) is 0 Å². The second-order valence-corrected chi connectivity index (χ2v) is 6.15. The Balaban J connectivity index is 2.17. The smallest absolute Gasteiger partial charge is 0.329 e. The van der Waals surface area contributed by atoms with Crippen molar-refractivity contribution in [2.45, 2.75) is 51.0 Å². The van der Waals surface area contributed by atoms with E-state index in [1.807, 2.05) is 6.92 Å². The highest BCUT2D eigenvalue weighted by molar-refractivity contribution is 5.87. The molecule has 1 aliphatic carbocycles. The lowest BCUT2D eigenvalue weighted by Crippen LogP contribution is -2.57. The van der Waals surface area contributed by atoms with Gasteiger partial charge in [-0.2, -0.15) is 0 Å². The molecule has 0 radical (unpaired) electrons. The van der Waals surface area contributed by atoms with E-state index in [9.17, 15) is 14.7 Å². The number of rotatable bonds is 6. The van der Waals surface area contributed by atoms with E-state index in [0.717, 1.165) is 25.7 Å². The number of hydrogen-bond acceptors (Lipinski definition) is 2. The maximum atomic E-state index is 12.8. The Labute approximate surface area is 126 Å². The van der Waals surface area contributed by atoms with E-state index in [2.05, 4.69) is 5.92 Å². The fourth-order valence-electron chi connectivity index (χ4n) is 3.26. The highest BCUT2D eigenvalue weighted by atomic mass is 16.4. The number of terminal acetylenes is 1. The van der Waals surface area contributed by atoms with Gasteiger partial charge in [-0.05, 0) is 38.0 Å². The molecule has 1 saturated heterocycles. The summed E-state index contributed by atoms with van der Waals surface area (Å²) in [4.78, 5) is 27.8. The minimum atomic E-state index is -1.04. The van der Waals surface area contributed by atoms with E-state index in [-0.39, 0.29) is 12.6 Å². The van der Waals surface area contributed by atoms with Crippen molar-refractivity contribution in [2.75, 3.05) is 19.6 Å². The van der Waals surface area contributed by atoms with Gasteiger partial charge in [0.05, 0.1) is 6.54 Å². The summed E-state index contributed by atoms with van der Waals surface area (Å²) in [5, 5.41) is 9.67. The van der Waals surface area contributed by atoms with Crippen LogP contribution in [0.2, 0.25) is 0 Å². The number of hydrogen-bond donors (Lipinski definition) is 1. The molecular formula is C16H24N2O3. The van der Waals surface area contributed by atoms with E-state index in [4.69, 9.17) is 6.42 Å². The Kier molecular flexibility index (Phi) is 4.76. The second kappa shape index (κ2) is 6.38. The van der Waals surface area contributed by atoms with Crippen LogP contribution in [0.3, 0.4) is 0 Å². The first kappa shape index (κ1) is 15.7. The highest BCUT2D eigenvalue weighted by Gasteiger charge is 2.50. The molecule has 5 heteroatoms. The fraction of sp³-hybridized carbons (Fsp3) is 0.750. The monoisotopic (exact) mass is 292 g/mol. The molecule has 0 bridgehead atoms. The van der Waals surface area contributed by atoms with Crippen molar-refractivity contribution in [2.24, 2.45) is 5.92 Å². The molecule has 0 aromatic rings. The summed E-state index contributed by atoms with van der Waals surface area (Å²) in [6.45, 7) is 3.38. The minimum absolute atomic E-state index is 0.201. The molecule has 1 saturated carbocycles. The maximum Gasteiger partial charge on any atom is 0.329 e. The van der Waals surface area contributed by atoms with E-state index in [0.29, 0.717) is 31.8 Å². The molecule has 0 aromatic carbocycles. The number of carboxylic acids is 1. The lowest BCUT2D eigenvalue weighted by atomic mass is 9.91. The quantitative estimate of drug-likeness (QED) is 0.763. The zero-order valence-corrected chi connectivity index (χ0v) is 12.7. The molecule has 1 aliphatic heterocycles. The van der Waals surface area contributed by atoms with Crippen molar-refractivity contribution in [3.05, 3.63) is 0 Å². The lowest BCUT2D eigenvalue weighted by Gasteiger charge is -2.37. The molecule has 1 atom stereocenters. The van der Waals surface area contributed by atoms with Crippen molar-refractivity contribution in [3.63, 3.8) is 0 Å². The molecular weight excluding hydrogens is 268 g/mol. The average Bonchev–Trinajstić information content (AvgIpc) is 3.16. The topological polar surface area (TPSA) is 60.9 Å². The van der Waals surface area contributed by atoms with Crippen LogP contribution in [0.1, 0.15) is 45.4 Å². The van der Waals surface area contributed by atoms with Crippen LogP contribution < -0.4 is 0 Å². The molecule has 1 unspecified atom stereocenters. The van der Waals surface area contributed by atoms with Gasteiger partial charge in [-0.1, -0.05) is 19.3 Å². The average molecular weight is 292 g/mol. The van der Waals surface area contributed by atoms with E-state index in [1.54, 1.807) is 9.80 Å². The predicted molar refractivity (Wildman–Crippen MR) is 79.7 cm³/mol. The molecule has 2 fully saturated rings. The third kappa shape index (κ3) is 3.15. The summed E-state index contributed by atoms with van der Waals surface area (Å²) in [5.41, 5.74) is -1.04. The first-order valence-electron chi connectivity index (χ1n) is 7.78. The van der Waals surface area contributed by atoms with Crippen molar-refractivity contribution >= 4 is 12.0 Å². The molecule has 0 aromatic heterocycles. The summed E-state index contributed by atoms with van der Waals surface area (Å²) in [6.07, 6.45) is 10.2. The normalized spacial score (nSPS) is 24.7. The number of carbonyl (C=O) groups is 2. The zero-order chi connectivity index (χ0) is 15.5. The zero-order valence-electron chi connectivity index (χ0n) is 12.7. The van der Waals surface area contributed by atoms with Gasteiger partial charge in [0.1, 0.15) is 5.54 Å². The molecule has 2 aliphatic rings. The third-order valence-corrected chi connectivity index (χ3v) is 4.51. The van der Waals surface area contributed by atoms with Crippen molar-refractivity contribution in [1.82, 2.24) is 9.80 Å². The van der Waals surface area contributed by atoms with Gasteiger partial charge in [-0.15, -0.1) is 6.42 Å². The Morgan fingerprint density at radius 3 is 2.71 bits per heavy atom. The fourth-order valence-corrected chi connectivity index (χ4v) is 3.26. The first-order valence-corrected chi connectivity index (χ1v) is 7.78. The number of aliphatic carboxylic acids is 1. The minimum Gasteiger partial charge on any atom is -0.479 e. The maximum absolute atomic E-state index is 12.8.